The molecule has 0 aliphatic carbocycles. The number of pyridine rings is 1. The Labute approximate surface area is 106 Å². The molecule has 0 aromatic carbocycles. The molecule has 0 aliphatic rings. The number of aromatic nitrogens is 1. The first-order valence-corrected chi connectivity index (χ1v) is 6.35. The molecule has 0 fully saturated rings. The second kappa shape index (κ2) is 6.02. The van der Waals surface area contributed by atoms with E-state index >= 15 is 0 Å². The Kier molecular flexibility index (Phi) is 4.96. The smallest absolute Gasteiger partial charge is 0.323 e. The monoisotopic (exact) mass is 254 g/mol. The second-order valence-corrected chi connectivity index (χ2v) is 5.71. The molecule has 0 saturated carbocycles. The Morgan fingerprint density at radius 2 is 2.18 bits per heavy atom. The highest BCUT2D eigenvalue weighted by molar-refractivity contribution is 7.99. The van der Waals surface area contributed by atoms with Gasteiger partial charge in [-0.2, -0.15) is 0 Å². The molecule has 1 heterocycles. The fraction of sp³-hybridized carbons (Fsp3) is 0.500. The second-order valence-electron chi connectivity index (χ2n) is 4.20. The molecule has 1 rings (SSSR count). The van der Waals surface area contributed by atoms with Gasteiger partial charge in [0.25, 0.3) is 0 Å². The Balaban J connectivity index is 2.60. The number of nitrogens with one attached hydrogen (secondary N) is 1. The zero-order chi connectivity index (χ0) is 12.9. The largest absolute Gasteiger partial charge is 0.480 e. The summed E-state index contributed by atoms with van der Waals surface area (Å²) in [5, 5.41) is 12.2. The van der Waals surface area contributed by atoms with Crippen LogP contribution in [0.5, 0.6) is 0 Å². The van der Waals surface area contributed by atoms with Gasteiger partial charge in [-0.25, -0.2) is 0 Å². The molecule has 1 aromatic rings. The lowest BCUT2D eigenvalue weighted by Crippen LogP contribution is -2.49. The van der Waals surface area contributed by atoms with Crippen molar-refractivity contribution in [2.45, 2.75) is 36.0 Å². The van der Waals surface area contributed by atoms with Crippen molar-refractivity contribution in [3.63, 3.8) is 0 Å². The van der Waals surface area contributed by atoms with E-state index in [1.807, 2.05) is 19.1 Å². The highest BCUT2D eigenvalue weighted by Gasteiger charge is 2.32. The van der Waals surface area contributed by atoms with Crippen molar-refractivity contribution in [1.29, 1.82) is 0 Å². The minimum atomic E-state index is -0.876. The highest BCUT2D eigenvalue weighted by Crippen LogP contribution is 2.28. The molecule has 0 aliphatic heterocycles. The zero-order valence-corrected chi connectivity index (χ0v) is 11.1. The van der Waals surface area contributed by atoms with Crippen molar-refractivity contribution in [2.24, 2.45) is 0 Å². The summed E-state index contributed by atoms with van der Waals surface area (Å²) in [4.78, 5) is 16.2. The van der Waals surface area contributed by atoms with E-state index in [2.05, 4.69) is 10.3 Å². The Morgan fingerprint density at radius 1 is 1.59 bits per heavy atom. The number of nitrogens with zero attached hydrogens (tertiary/aromatic N) is 1. The fourth-order valence-corrected chi connectivity index (χ4v) is 2.72. The quantitative estimate of drug-likeness (QED) is 0.760. The van der Waals surface area contributed by atoms with Gasteiger partial charge in [0, 0.05) is 22.5 Å². The number of thioether (sulfide) groups is 1. The summed E-state index contributed by atoms with van der Waals surface area (Å²) in [7, 11) is 1.68. The molecule has 0 bridgehead atoms. The molecule has 94 valence electrons. The molecule has 2 N–H and O–H groups in total. The van der Waals surface area contributed by atoms with Gasteiger partial charge in [0.2, 0.25) is 0 Å². The minimum Gasteiger partial charge on any atom is -0.480 e. The van der Waals surface area contributed by atoms with Crippen LogP contribution in [0.4, 0.5) is 0 Å². The predicted molar refractivity (Wildman–Crippen MR) is 69.3 cm³/mol. The maximum atomic E-state index is 11.2. The molecule has 0 saturated heterocycles. The Hall–Kier alpha value is -1.07. The van der Waals surface area contributed by atoms with Crippen molar-refractivity contribution in [3.05, 3.63) is 24.5 Å². The standard InChI is InChI=1S/C12H18N2O2S/c1-9(8-12(2,13-3)11(15)16)17-10-4-6-14-7-5-10/h4-7,9,13H,8H2,1-3H3,(H,15,16). The molecule has 5 heteroatoms. The van der Waals surface area contributed by atoms with Gasteiger partial charge in [-0.15, -0.1) is 11.8 Å². The van der Waals surface area contributed by atoms with Crippen LogP contribution in [-0.2, 0) is 4.79 Å². The summed E-state index contributed by atoms with van der Waals surface area (Å²) in [6, 6.07) is 3.86. The van der Waals surface area contributed by atoms with E-state index in [0.29, 0.717) is 6.42 Å². The van der Waals surface area contributed by atoms with Gasteiger partial charge < -0.3 is 10.4 Å². The van der Waals surface area contributed by atoms with E-state index in [0.717, 1.165) is 4.90 Å². The van der Waals surface area contributed by atoms with Crippen LogP contribution in [0.25, 0.3) is 0 Å². The number of hydrogen-bond acceptors (Lipinski definition) is 4. The zero-order valence-electron chi connectivity index (χ0n) is 10.3. The van der Waals surface area contributed by atoms with Crippen LogP contribution in [-0.4, -0.2) is 33.9 Å². The third-order valence-electron chi connectivity index (χ3n) is 2.71. The van der Waals surface area contributed by atoms with Crippen LogP contribution >= 0.6 is 11.8 Å². The first-order valence-electron chi connectivity index (χ1n) is 5.47. The van der Waals surface area contributed by atoms with Crippen molar-refractivity contribution in [2.75, 3.05) is 7.05 Å². The molecule has 2 unspecified atom stereocenters. The van der Waals surface area contributed by atoms with E-state index in [-0.39, 0.29) is 5.25 Å². The van der Waals surface area contributed by atoms with E-state index < -0.39 is 11.5 Å². The maximum absolute atomic E-state index is 11.2. The topological polar surface area (TPSA) is 62.2 Å². The summed E-state index contributed by atoms with van der Waals surface area (Å²) >= 11 is 1.66. The third-order valence-corrected chi connectivity index (χ3v) is 3.82. The molecule has 2 atom stereocenters. The van der Waals surface area contributed by atoms with E-state index in [9.17, 15) is 4.79 Å². The summed E-state index contributed by atoms with van der Waals surface area (Å²) in [5.74, 6) is -0.817. The van der Waals surface area contributed by atoms with Gasteiger partial charge in [0.15, 0.2) is 0 Å². The van der Waals surface area contributed by atoms with Crippen LogP contribution in [0.3, 0.4) is 0 Å². The lowest BCUT2D eigenvalue weighted by Gasteiger charge is -2.27. The fourth-order valence-electron chi connectivity index (χ4n) is 1.56. The third kappa shape index (κ3) is 4.02. The van der Waals surface area contributed by atoms with Crippen molar-refractivity contribution >= 4 is 17.7 Å². The van der Waals surface area contributed by atoms with Crippen molar-refractivity contribution < 1.29 is 9.90 Å². The van der Waals surface area contributed by atoms with Gasteiger partial charge in [-0.05, 0) is 32.5 Å². The van der Waals surface area contributed by atoms with Crippen LogP contribution < -0.4 is 5.32 Å². The Bertz CT molecular complexity index is 372. The van der Waals surface area contributed by atoms with Gasteiger partial charge in [0.1, 0.15) is 5.54 Å². The summed E-state index contributed by atoms with van der Waals surface area (Å²) in [5.41, 5.74) is -0.876. The van der Waals surface area contributed by atoms with Gasteiger partial charge in [-0.1, -0.05) is 6.92 Å². The van der Waals surface area contributed by atoms with Crippen molar-refractivity contribution in [1.82, 2.24) is 10.3 Å². The summed E-state index contributed by atoms with van der Waals surface area (Å²) in [6.07, 6.45) is 4.04. The first kappa shape index (κ1) is 14.0. The lowest BCUT2D eigenvalue weighted by molar-refractivity contribution is -0.144. The molecule has 17 heavy (non-hydrogen) atoms. The van der Waals surface area contributed by atoms with Crippen LogP contribution in [0.2, 0.25) is 0 Å². The van der Waals surface area contributed by atoms with Crippen molar-refractivity contribution in [3.8, 4) is 0 Å². The average Bonchev–Trinajstić information content (AvgIpc) is 2.29. The molecule has 1 aromatic heterocycles. The normalized spacial score (nSPS) is 16.2. The number of carbonyl (C=O) groups is 1. The van der Waals surface area contributed by atoms with E-state index in [1.54, 1.807) is 38.1 Å². The molecule has 4 nitrogen and oxygen atoms in total. The average molecular weight is 254 g/mol. The molecular formula is C12H18N2O2S. The first-order chi connectivity index (χ1) is 7.98. The minimum absolute atomic E-state index is 0.214. The summed E-state index contributed by atoms with van der Waals surface area (Å²) in [6.45, 7) is 3.74. The molecular weight excluding hydrogens is 236 g/mol. The van der Waals surface area contributed by atoms with Crippen LogP contribution in [0.1, 0.15) is 20.3 Å². The van der Waals surface area contributed by atoms with Gasteiger partial charge in [-0.3, -0.25) is 9.78 Å². The number of rotatable bonds is 6. The van der Waals surface area contributed by atoms with Crippen LogP contribution in [0.15, 0.2) is 29.4 Å². The molecule has 0 spiro atoms. The lowest BCUT2D eigenvalue weighted by atomic mass is 9.96. The molecule has 0 amide bonds. The van der Waals surface area contributed by atoms with E-state index in [1.165, 1.54) is 0 Å². The van der Waals surface area contributed by atoms with Gasteiger partial charge in [0.05, 0.1) is 0 Å². The summed E-state index contributed by atoms with van der Waals surface area (Å²) < 4.78 is 0. The van der Waals surface area contributed by atoms with E-state index in [4.69, 9.17) is 5.11 Å². The SMILES string of the molecule is CNC(C)(CC(C)Sc1ccncc1)C(=O)O. The maximum Gasteiger partial charge on any atom is 0.323 e. The predicted octanol–water partition coefficient (Wildman–Crippen LogP) is 2.01. The number of aliphatic carboxylic acids is 1. The number of hydrogen-bond donors (Lipinski definition) is 2. The number of carboxylic acids is 1. The molecule has 0 radical (unpaired) electrons. The Morgan fingerprint density at radius 3 is 2.65 bits per heavy atom. The number of likely N-dealkylation sites (N-methyl/N-ethyl adjacent to an activating group) is 1. The highest BCUT2D eigenvalue weighted by atomic mass is 32.2. The van der Waals surface area contributed by atoms with Crippen LogP contribution in [0, 0.1) is 0 Å². The van der Waals surface area contributed by atoms with Gasteiger partial charge >= 0.3 is 5.97 Å². The number of carboxylic acid groups (broad SMARTS) is 1.